The molecule has 0 spiro atoms. The van der Waals surface area contributed by atoms with Gasteiger partial charge in [-0.05, 0) is 45.6 Å². The number of carbonyl (C=O) groups excluding carboxylic acids is 2. The predicted molar refractivity (Wildman–Crippen MR) is 114 cm³/mol. The molecule has 162 valence electrons. The summed E-state index contributed by atoms with van der Waals surface area (Å²) in [7, 11) is 0. The summed E-state index contributed by atoms with van der Waals surface area (Å²) in [5.74, 6) is -1.01. The topological polar surface area (TPSA) is 55.8 Å². The van der Waals surface area contributed by atoms with Crippen LogP contribution in [0.1, 0.15) is 51.1 Å². The summed E-state index contributed by atoms with van der Waals surface area (Å²) in [6.07, 6.45) is 2.71. The first-order chi connectivity index (χ1) is 14.4. The third-order valence-electron chi connectivity index (χ3n) is 6.07. The molecule has 30 heavy (non-hydrogen) atoms. The first kappa shape index (κ1) is 21.5. The van der Waals surface area contributed by atoms with Crippen molar-refractivity contribution < 1.29 is 23.5 Å². The molecule has 0 aromatic heterocycles. The average molecular weight is 480 g/mol. The van der Waals surface area contributed by atoms with Crippen molar-refractivity contribution in [2.45, 2.75) is 62.6 Å². The molecule has 2 aliphatic heterocycles. The van der Waals surface area contributed by atoms with Crippen LogP contribution >= 0.6 is 15.9 Å². The number of halogens is 2. The van der Waals surface area contributed by atoms with Gasteiger partial charge in [0.1, 0.15) is 11.9 Å². The number of ketones is 1. The van der Waals surface area contributed by atoms with Gasteiger partial charge in [-0.25, -0.2) is 4.39 Å². The molecule has 4 unspecified atom stereocenters. The zero-order valence-electron chi connectivity index (χ0n) is 17.3. The number of hydrogen-bond donors (Lipinski definition) is 0. The molecule has 0 radical (unpaired) electrons. The van der Waals surface area contributed by atoms with E-state index in [1.54, 1.807) is 23.1 Å². The van der Waals surface area contributed by atoms with E-state index in [0.29, 0.717) is 37.1 Å². The number of rotatable bonds is 6. The molecule has 1 aromatic carbocycles. The average Bonchev–Trinajstić information content (AvgIpc) is 2.98. The van der Waals surface area contributed by atoms with Crippen LogP contribution in [0.4, 0.5) is 4.39 Å². The van der Waals surface area contributed by atoms with E-state index in [9.17, 15) is 14.0 Å². The highest BCUT2D eigenvalue weighted by molar-refractivity contribution is 9.09. The van der Waals surface area contributed by atoms with Crippen molar-refractivity contribution in [1.29, 1.82) is 0 Å². The fraction of sp³-hybridized carbons (Fsp3) is 0.565. The minimum atomic E-state index is -0.753. The number of carbonyl (C=O) groups is 2. The third-order valence-corrected chi connectivity index (χ3v) is 6.91. The Morgan fingerprint density at radius 2 is 2.03 bits per heavy atom. The number of ether oxygens (including phenoxy) is 2. The molecule has 4 rings (SSSR count). The molecule has 2 heterocycles. The standard InChI is InChI=1S/C23H27BrFNO4/c1-13(2)29-11-5-10-26-20(15-6-3-4-7-17(15)25)19-21(27)16-12-14(24)8-9-18(16)30-22(19)23(26)28/h3-4,6-7,13-14,16,18,20H,5,8-12H2,1-2H3. The highest BCUT2D eigenvalue weighted by Gasteiger charge is 2.52. The van der Waals surface area contributed by atoms with Crippen LogP contribution in [0, 0.1) is 11.7 Å². The van der Waals surface area contributed by atoms with Gasteiger partial charge in [-0.1, -0.05) is 34.1 Å². The van der Waals surface area contributed by atoms with Crippen LogP contribution in [0.25, 0.3) is 0 Å². The van der Waals surface area contributed by atoms with Gasteiger partial charge in [0.25, 0.3) is 5.91 Å². The molecule has 3 aliphatic rings. The zero-order chi connectivity index (χ0) is 21.4. The lowest BCUT2D eigenvalue weighted by Crippen LogP contribution is -2.41. The maximum absolute atomic E-state index is 14.8. The highest BCUT2D eigenvalue weighted by Crippen LogP contribution is 2.47. The Balaban J connectivity index is 1.67. The van der Waals surface area contributed by atoms with E-state index in [2.05, 4.69) is 15.9 Å². The number of amides is 1. The number of hydrogen-bond acceptors (Lipinski definition) is 4. The van der Waals surface area contributed by atoms with Crippen molar-refractivity contribution in [3.8, 4) is 0 Å². The molecular formula is C23H27BrFNO4. The first-order valence-corrected chi connectivity index (χ1v) is 11.6. The zero-order valence-corrected chi connectivity index (χ0v) is 18.9. The Labute approximate surface area is 184 Å². The monoisotopic (exact) mass is 479 g/mol. The number of Topliss-reactive ketones (excluding diaryl/α,β-unsaturated/α-hetero) is 1. The first-order valence-electron chi connectivity index (χ1n) is 10.6. The number of alkyl halides is 1. The van der Waals surface area contributed by atoms with Gasteiger partial charge < -0.3 is 14.4 Å². The summed E-state index contributed by atoms with van der Waals surface area (Å²) < 4.78 is 26.5. The summed E-state index contributed by atoms with van der Waals surface area (Å²) in [6, 6.07) is 5.60. The summed E-state index contributed by atoms with van der Waals surface area (Å²) in [4.78, 5) is 28.6. The molecule has 7 heteroatoms. The number of nitrogens with zero attached hydrogens (tertiary/aromatic N) is 1. The maximum Gasteiger partial charge on any atom is 0.290 e. The number of benzene rings is 1. The van der Waals surface area contributed by atoms with Crippen LogP contribution in [-0.4, -0.2) is 46.8 Å². The lowest BCUT2D eigenvalue weighted by atomic mass is 9.77. The largest absolute Gasteiger partial charge is 0.483 e. The molecule has 1 saturated carbocycles. The van der Waals surface area contributed by atoms with Gasteiger partial charge in [0.15, 0.2) is 11.5 Å². The Kier molecular flexibility index (Phi) is 6.30. The normalized spacial score (nSPS) is 28.6. The van der Waals surface area contributed by atoms with Crippen LogP contribution in [-0.2, 0) is 19.1 Å². The summed E-state index contributed by atoms with van der Waals surface area (Å²) >= 11 is 3.62. The van der Waals surface area contributed by atoms with Crippen molar-refractivity contribution in [2.75, 3.05) is 13.2 Å². The van der Waals surface area contributed by atoms with E-state index in [4.69, 9.17) is 9.47 Å². The minimum absolute atomic E-state index is 0.0760. The van der Waals surface area contributed by atoms with Gasteiger partial charge in [-0.3, -0.25) is 9.59 Å². The van der Waals surface area contributed by atoms with Crippen molar-refractivity contribution in [2.24, 2.45) is 5.92 Å². The van der Waals surface area contributed by atoms with Crippen LogP contribution in [0.5, 0.6) is 0 Å². The van der Waals surface area contributed by atoms with Gasteiger partial charge in [-0.15, -0.1) is 0 Å². The molecule has 5 nitrogen and oxygen atoms in total. The predicted octanol–water partition coefficient (Wildman–Crippen LogP) is 4.31. The van der Waals surface area contributed by atoms with Gasteiger partial charge in [0.05, 0.1) is 23.6 Å². The van der Waals surface area contributed by atoms with Crippen molar-refractivity contribution in [1.82, 2.24) is 4.90 Å². The van der Waals surface area contributed by atoms with E-state index in [1.165, 1.54) is 6.07 Å². The Hall–Kier alpha value is -1.73. The second-order valence-electron chi connectivity index (χ2n) is 8.48. The molecule has 0 bridgehead atoms. The second kappa shape index (κ2) is 8.79. The molecular weight excluding hydrogens is 453 g/mol. The SMILES string of the molecule is CC(C)OCCCN1C(=O)C2=C(C(=O)C3CC(Br)CCC3O2)C1c1ccccc1F. The van der Waals surface area contributed by atoms with Crippen molar-refractivity contribution >= 4 is 27.6 Å². The number of fused-ring (bicyclic) bond motifs is 1. The molecule has 1 fully saturated rings. The summed E-state index contributed by atoms with van der Waals surface area (Å²) in [5.41, 5.74) is 0.653. The van der Waals surface area contributed by atoms with Crippen LogP contribution in [0.2, 0.25) is 0 Å². The van der Waals surface area contributed by atoms with E-state index < -0.39 is 11.9 Å². The Morgan fingerprint density at radius 3 is 2.77 bits per heavy atom. The Morgan fingerprint density at radius 1 is 1.27 bits per heavy atom. The lowest BCUT2D eigenvalue weighted by molar-refractivity contribution is -0.135. The molecule has 1 aromatic rings. The van der Waals surface area contributed by atoms with Crippen molar-refractivity contribution in [3.63, 3.8) is 0 Å². The highest BCUT2D eigenvalue weighted by atomic mass is 79.9. The summed E-state index contributed by atoms with van der Waals surface area (Å²) in [5, 5.41) is 0. The van der Waals surface area contributed by atoms with E-state index in [1.807, 2.05) is 13.8 Å². The quantitative estimate of drug-likeness (QED) is 0.450. The second-order valence-corrected chi connectivity index (χ2v) is 9.77. The fourth-order valence-corrected chi connectivity index (χ4v) is 5.33. The maximum atomic E-state index is 14.8. The van der Waals surface area contributed by atoms with E-state index in [0.717, 1.165) is 12.8 Å². The molecule has 1 aliphatic carbocycles. The third kappa shape index (κ3) is 3.94. The lowest BCUT2D eigenvalue weighted by Gasteiger charge is -2.37. The van der Waals surface area contributed by atoms with Crippen molar-refractivity contribution in [3.05, 3.63) is 47.0 Å². The van der Waals surface area contributed by atoms with Gasteiger partial charge >= 0.3 is 0 Å². The van der Waals surface area contributed by atoms with E-state index in [-0.39, 0.29) is 40.4 Å². The van der Waals surface area contributed by atoms with Crippen LogP contribution in [0.15, 0.2) is 35.6 Å². The smallest absolute Gasteiger partial charge is 0.290 e. The summed E-state index contributed by atoms with van der Waals surface area (Å²) in [6.45, 7) is 4.76. The van der Waals surface area contributed by atoms with E-state index >= 15 is 0 Å². The Bertz CT molecular complexity index is 871. The molecule has 0 N–H and O–H groups in total. The van der Waals surface area contributed by atoms with Crippen LogP contribution in [0.3, 0.4) is 0 Å². The van der Waals surface area contributed by atoms with Gasteiger partial charge in [-0.2, -0.15) is 0 Å². The fourth-order valence-electron chi connectivity index (χ4n) is 4.67. The molecule has 0 saturated heterocycles. The van der Waals surface area contributed by atoms with Gasteiger partial charge in [0.2, 0.25) is 0 Å². The molecule has 1 amide bonds. The minimum Gasteiger partial charge on any atom is -0.483 e. The molecule has 4 atom stereocenters. The van der Waals surface area contributed by atoms with Crippen LogP contribution < -0.4 is 0 Å². The van der Waals surface area contributed by atoms with Gasteiger partial charge in [0, 0.05) is 23.5 Å².